The lowest BCUT2D eigenvalue weighted by atomic mass is 9.74. The normalized spacial score (nSPS) is 21.2. The summed E-state index contributed by atoms with van der Waals surface area (Å²) in [7, 11) is 0. The first-order chi connectivity index (χ1) is 12.7. The van der Waals surface area contributed by atoms with E-state index < -0.39 is 24.9 Å². The van der Waals surface area contributed by atoms with Crippen molar-refractivity contribution in [1.82, 2.24) is 0 Å². The standard InChI is InChI=1S/C20H30N2O5/c1-11-7-13-18-17(12(11)2)20(3,4)5-6-22(18)8-16(21-13)27-10-15(25)19(26)14(24)9-23/h7,14-15,19,23-26H,5-6,8-10H2,1-4H3. The lowest BCUT2D eigenvalue weighted by Crippen LogP contribution is -2.45. The molecule has 7 nitrogen and oxygen atoms in total. The summed E-state index contributed by atoms with van der Waals surface area (Å²) >= 11 is 0. The zero-order valence-electron chi connectivity index (χ0n) is 16.4. The number of nitrogens with zero attached hydrogens (tertiary/aromatic N) is 2. The monoisotopic (exact) mass is 378 g/mol. The van der Waals surface area contributed by atoms with Gasteiger partial charge in [-0.15, -0.1) is 0 Å². The quantitative estimate of drug-likeness (QED) is 0.607. The maximum absolute atomic E-state index is 9.96. The van der Waals surface area contributed by atoms with E-state index in [-0.39, 0.29) is 12.0 Å². The van der Waals surface area contributed by atoms with Crippen LogP contribution in [0.25, 0.3) is 0 Å². The Kier molecular flexibility index (Phi) is 5.49. The molecule has 2 aliphatic rings. The summed E-state index contributed by atoms with van der Waals surface area (Å²) in [6.45, 7) is 9.36. The van der Waals surface area contributed by atoms with Crippen LogP contribution in [0.4, 0.5) is 11.4 Å². The average Bonchev–Trinajstić information content (AvgIpc) is 2.63. The lowest BCUT2D eigenvalue weighted by Gasteiger charge is -2.44. The number of aliphatic hydroxyl groups excluding tert-OH is 4. The minimum Gasteiger partial charge on any atom is -0.477 e. The third kappa shape index (κ3) is 3.69. The van der Waals surface area contributed by atoms with Crippen molar-refractivity contribution in [3.63, 3.8) is 0 Å². The van der Waals surface area contributed by atoms with Gasteiger partial charge >= 0.3 is 0 Å². The van der Waals surface area contributed by atoms with E-state index in [2.05, 4.69) is 43.7 Å². The summed E-state index contributed by atoms with van der Waals surface area (Å²) in [6.07, 6.45) is -3.16. The van der Waals surface area contributed by atoms with Crippen molar-refractivity contribution >= 4 is 17.3 Å². The SMILES string of the molecule is Cc1cc2c3c(c1C)C(C)(C)CCN3CC(OCC(O)C(O)C(O)CO)=N2. The van der Waals surface area contributed by atoms with Crippen molar-refractivity contribution in [2.24, 2.45) is 4.99 Å². The Morgan fingerprint density at radius 2 is 1.93 bits per heavy atom. The van der Waals surface area contributed by atoms with Crippen LogP contribution in [0.15, 0.2) is 11.1 Å². The van der Waals surface area contributed by atoms with Gasteiger partial charge in [-0.2, -0.15) is 0 Å². The number of benzene rings is 1. The van der Waals surface area contributed by atoms with E-state index in [4.69, 9.17) is 9.84 Å². The molecule has 27 heavy (non-hydrogen) atoms. The molecule has 3 rings (SSSR count). The summed E-state index contributed by atoms with van der Waals surface area (Å²) < 4.78 is 5.64. The Morgan fingerprint density at radius 3 is 2.59 bits per heavy atom. The summed E-state index contributed by atoms with van der Waals surface area (Å²) in [4.78, 5) is 6.91. The highest BCUT2D eigenvalue weighted by Crippen LogP contribution is 2.48. The number of hydrogen-bond donors (Lipinski definition) is 4. The molecule has 0 bridgehead atoms. The highest BCUT2D eigenvalue weighted by atomic mass is 16.5. The molecule has 1 aromatic rings. The Labute approximate surface area is 159 Å². The highest BCUT2D eigenvalue weighted by molar-refractivity contribution is 5.93. The maximum Gasteiger partial charge on any atom is 0.208 e. The van der Waals surface area contributed by atoms with Crippen LogP contribution in [0.1, 0.15) is 37.0 Å². The Morgan fingerprint density at radius 1 is 1.22 bits per heavy atom. The van der Waals surface area contributed by atoms with Gasteiger partial charge in [-0.3, -0.25) is 0 Å². The molecular formula is C20H30N2O5. The molecule has 1 aromatic carbocycles. The second-order valence-corrected chi connectivity index (χ2v) is 8.24. The molecule has 7 heteroatoms. The molecule has 4 N–H and O–H groups in total. The molecule has 0 aromatic heterocycles. The van der Waals surface area contributed by atoms with Crippen molar-refractivity contribution in [3.05, 3.63) is 22.8 Å². The van der Waals surface area contributed by atoms with Gasteiger partial charge in [0.2, 0.25) is 5.90 Å². The molecule has 3 unspecified atom stereocenters. The number of aliphatic imine (C=N–C) groups is 1. The molecule has 2 heterocycles. The first-order valence-corrected chi connectivity index (χ1v) is 9.40. The van der Waals surface area contributed by atoms with Gasteiger partial charge in [0.1, 0.15) is 24.9 Å². The third-order valence-electron chi connectivity index (χ3n) is 5.77. The van der Waals surface area contributed by atoms with Gasteiger partial charge in [0, 0.05) is 6.54 Å². The van der Waals surface area contributed by atoms with Gasteiger partial charge in [-0.1, -0.05) is 13.8 Å². The first kappa shape index (κ1) is 20.1. The molecule has 0 amide bonds. The largest absolute Gasteiger partial charge is 0.477 e. The third-order valence-corrected chi connectivity index (χ3v) is 5.77. The predicted octanol–water partition coefficient (Wildman–Crippen LogP) is 0.926. The molecule has 0 radical (unpaired) electrons. The fraction of sp³-hybridized carbons (Fsp3) is 0.650. The zero-order chi connectivity index (χ0) is 19.9. The summed E-state index contributed by atoms with van der Waals surface area (Å²) in [5, 5.41) is 38.0. The molecule has 2 aliphatic heterocycles. The van der Waals surface area contributed by atoms with E-state index in [9.17, 15) is 15.3 Å². The van der Waals surface area contributed by atoms with E-state index in [1.807, 2.05) is 0 Å². The van der Waals surface area contributed by atoms with Crippen LogP contribution in [0, 0.1) is 13.8 Å². The van der Waals surface area contributed by atoms with Crippen LogP contribution in [-0.2, 0) is 10.2 Å². The van der Waals surface area contributed by atoms with Crippen LogP contribution in [0.2, 0.25) is 0 Å². The van der Waals surface area contributed by atoms with Gasteiger partial charge in [0.25, 0.3) is 0 Å². The van der Waals surface area contributed by atoms with E-state index in [1.165, 1.54) is 16.7 Å². The first-order valence-electron chi connectivity index (χ1n) is 9.40. The summed E-state index contributed by atoms with van der Waals surface area (Å²) in [5.74, 6) is 0.473. The highest BCUT2D eigenvalue weighted by Gasteiger charge is 2.37. The second-order valence-electron chi connectivity index (χ2n) is 8.24. The number of aliphatic hydroxyl groups is 4. The zero-order valence-corrected chi connectivity index (χ0v) is 16.4. The van der Waals surface area contributed by atoms with E-state index in [0.717, 1.165) is 24.3 Å². The van der Waals surface area contributed by atoms with Crippen LogP contribution in [0.3, 0.4) is 0 Å². The summed E-state index contributed by atoms with van der Waals surface area (Å²) in [5.41, 5.74) is 5.95. The molecule has 150 valence electrons. The number of aryl methyl sites for hydroxylation is 1. The molecule has 0 fully saturated rings. The van der Waals surface area contributed by atoms with Crippen LogP contribution in [0.5, 0.6) is 0 Å². The van der Waals surface area contributed by atoms with Crippen molar-refractivity contribution in [3.8, 4) is 0 Å². The molecule has 0 saturated heterocycles. The van der Waals surface area contributed by atoms with Crippen molar-refractivity contribution in [2.75, 3.05) is 31.2 Å². The number of rotatable bonds is 5. The summed E-state index contributed by atoms with van der Waals surface area (Å²) in [6, 6.07) is 2.06. The van der Waals surface area contributed by atoms with Crippen LogP contribution >= 0.6 is 0 Å². The van der Waals surface area contributed by atoms with E-state index >= 15 is 0 Å². The minimum atomic E-state index is -1.47. The maximum atomic E-state index is 9.96. The number of ether oxygens (including phenoxy) is 1. The van der Waals surface area contributed by atoms with Crippen LogP contribution in [-0.4, -0.2) is 70.9 Å². The fourth-order valence-electron chi connectivity index (χ4n) is 3.98. The Balaban J connectivity index is 1.85. The Hall–Kier alpha value is -1.67. The smallest absolute Gasteiger partial charge is 0.208 e. The topological polar surface area (TPSA) is 106 Å². The van der Waals surface area contributed by atoms with Gasteiger partial charge in [0.05, 0.1) is 24.5 Å². The molecule has 3 atom stereocenters. The minimum absolute atomic E-state index is 0.0886. The van der Waals surface area contributed by atoms with Crippen molar-refractivity contribution < 1.29 is 25.2 Å². The number of anilines is 1. The fourth-order valence-corrected chi connectivity index (χ4v) is 3.98. The average molecular weight is 378 g/mol. The van der Waals surface area contributed by atoms with Gasteiger partial charge in [0.15, 0.2) is 0 Å². The van der Waals surface area contributed by atoms with Crippen molar-refractivity contribution in [1.29, 1.82) is 0 Å². The predicted molar refractivity (Wildman–Crippen MR) is 104 cm³/mol. The second kappa shape index (κ2) is 7.39. The Bertz CT molecular complexity index is 746. The lowest BCUT2D eigenvalue weighted by molar-refractivity contribution is -0.0885. The molecule has 0 aliphatic carbocycles. The van der Waals surface area contributed by atoms with Crippen LogP contribution < -0.4 is 4.90 Å². The van der Waals surface area contributed by atoms with E-state index in [0.29, 0.717) is 12.4 Å². The molecule has 0 spiro atoms. The molecule has 0 saturated carbocycles. The van der Waals surface area contributed by atoms with Gasteiger partial charge in [-0.05, 0) is 48.4 Å². The van der Waals surface area contributed by atoms with Crippen molar-refractivity contribution in [2.45, 2.75) is 57.8 Å². The van der Waals surface area contributed by atoms with Gasteiger partial charge < -0.3 is 30.1 Å². The molecular weight excluding hydrogens is 348 g/mol. The van der Waals surface area contributed by atoms with E-state index in [1.54, 1.807) is 0 Å². The van der Waals surface area contributed by atoms with Gasteiger partial charge in [-0.25, -0.2) is 4.99 Å². The number of hydrogen-bond acceptors (Lipinski definition) is 7.